The van der Waals surface area contributed by atoms with E-state index in [2.05, 4.69) is 0 Å². The number of nitrogens with two attached hydrogens (primary N) is 1. The number of hydrogen-bond acceptors (Lipinski definition) is 3. The van der Waals surface area contributed by atoms with Gasteiger partial charge in [0.15, 0.2) is 6.10 Å². The highest BCUT2D eigenvalue weighted by Crippen LogP contribution is 2.33. The van der Waals surface area contributed by atoms with Crippen molar-refractivity contribution in [3.63, 3.8) is 0 Å². The lowest BCUT2D eigenvalue weighted by atomic mass is 10.2. The first-order valence-electron chi connectivity index (χ1n) is 7.42. The third-order valence-corrected chi connectivity index (χ3v) is 3.13. The number of nitrogen functional groups attached to an aromatic ring is 1. The van der Waals surface area contributed by atoms with Gasteiger partial charge in [0.1, 0.15) is 23.2 Å². The summed E-state index contributed by atoms with van der Waals surface area (Å²) in [6.45, 7) is 1.51. The molecule has 2 rings (SSSR count). The molecular formula is C17H15F6NO3. The molecule has 0 spiro atoms. The monoisotopic (exact) mass is 395 g/mol. The molecule has 148 valence electrons. The lowest BCUT2D eigenvalue weighted by Crippen LogP contribution is -2.26. The van der Waals surface area contributed by atoms with Crippen molar-refractivity contribution in [1.82, 2.24) is 0 Å². The van der Waals surface area contributed by atoms with Crippen molar-refractivity contribution in [2.24, 2.45) is 0 Å². The molecule has 0 aromatic heterocycles. The van der Waals surface area contributed by atoms with Crippen molar-refractivity contribution in [1.29, 1.82) is 0 Å². The second-order valence-corrected chi connectivity index (χ2v) is 5.16. The van der Waals surface area contributed by atoms with E-state index >= 15 is 0 Å². The second kappa shape index (κ2) is 9.15. The summed E-state index contributed by atoms with van der Waals surface area (Å²) < 4.78 is 79.3. The molecule has 0 aliphatic carbocycles. The molecule has 2 aromatic carbocycles. The Morgan fingerprint density at radius 2 is 1.74 bits per heavy atom. The van der Waals surface area contributed by atoms with E-state index in [9.17, 15) is 31.1 Å². The predicted octanol–water partition coefficient (Wildman–Crippen LogP) is 4.63. The minimum absolute atomic E-state index is 0.0311. The number of benzene rings is 2. The van der Waals surface area contributed by atoms with E-state index in [-0.39, 0.29) is 17.9 Å². The summed E-state index contributed by atoms with van der Waals surface area (Å²) in [6, 6.07) is 5.03. The Morgan fingerprint density at radius 3 is 2.19 bits per heavy atom. The van der Waals surface area contributed by atoms with Crippen LogP contribution in [-0.4, -0.2) is 17.2 Å². The largest absolute Gasteiger partial charge is 0.479 e. The van der Waals surface area contributed by atoms with Crippen LogP contribution in [0.3, 0.4) is 0 Å². The molecule has 0 aliphatic rings. The first-order valence-corrected chi connectivity index (χ1v) is 7.42. The van der Waals surface area contributed by atoms with Gasteiger partial charge < -0.3 is 15.6 Å². The summed E-state index contributed by atoms with van der Waals surface area (Å²) in [5.74, 6) is -4.39. The number of ether oxygens (including phenoxy) is 1. The Balaban J connectivity index is 0.000000337. The van der Waals surface area contributed by atoms with Crippen LogP contribution in [0.5, 0.6) is 5.75 Å². The lowest BCUT2D eigenvalue weighted by Gasteiger charge is -2.15. The van der Waals surface area contributed by atoms with Crippen molar-refractivity contribution in [3.05, 3.63) is 59.4 Å². The number of carbonyl (C=O) groups is 1. The quantitative estimate of drug-likeness (QED) is 0.585. The zero-order valence-electron chi connectivity index (χ0n) is 13.9. The van der Waals surface area contributed by atoms with Crippen molar-refractivity contribution in [3.8, 4) is 5.75 Å². The fourth-order valence-electron chi connectivity index (χ4n) is 1.77. The van der Waals surface area contributed by atoms with Gasteiger partial charge in [-0.3, -0.25) is 0 Å². The molecule has 0 amide bonds. The number of hydrogen-bond donors (Lipinski definition) is 2. The zero-order chi connectivity index (χ0) is 20.8. The molecule has 0 aliphatic heterocycles. The highest BCUT2D eigenvalue weighted by molar-refractivity contribution is 5.72. The molecule has 3 N–H and O–H groups in total. The highest BCUT2D eigenvalue weighted by atomic mass is 19.4. The number of rotatable bonds is 4. The van der Waals surface area contributed by atoms with Crippen LogP contribution in [0.4, 0.5) is 32.0 Å². The summed E-state index contributed by atoms with van der Waals surface area (Å²) >= 11 is 0. The molecule has 0 radical (unpaired) electrons. The van der Waals surface area contributed by atoms with Gasteiger partial charge in [-0.1, -0.05) is 6.92 Å². The SMILES string of the molecule is CCC(Oc1ccc(F)c(C(F)(F)F)c1)C(=O)O.Nc1ccc(F)cc1F. The topological polar surface area (TPSA) is 72.5 Å². The van der Waals surface area contributed by atoms with Crippen molar-refractivity contribution < 1.29 is 41.0 Å². The minimum atomic E-state index is -4.85. The molecule has 27 heavy (non-hydrogen) atoms. The number of carboxylic acids is 1. The smallest absolute Gasteiger partial charge is 0.419 e. The number of anilines is 1. The predicted molar refractivity (Wildman–Crippen MR) is 84.5 cm³/mol. The Morgan fingerprint density at radius 1 is 1.11 bits per heavy atom. The first kappa shape index (κ1) is 22.1. The molecule has 0 saturated heterocycles. The molecule has 1 unspecified atom stereocenters. The summed E-state index contributed by atoms with van der Waals surface area (Å²) in [7, 11) is 0. The lowest BCUT2D eigenvalue weighted by molar-refractivity contribution is -0.145. The third kappa shape index (κ3) is 6.72. The van der Waals surface area contributed by atoms with Crippen molar-refractivity contribution in [2.45, 2.75) is 25.6 Å². The number of aliphatic carboxylic acids is 1. The molecule has 4 nitrogen and oxygen atoms in total. The first-order chi connectivity index (χ1) is 12.5. The Bertz CT molecular complexity index is 795. The van der Waals surface area contributed by atoms with Gasteiger partial charge in [-0.2, -0.15) is 13.2 Å². The van der Waals surface area contributed by atoms with Crippen LogP contribution in [0.25, 0.3) is 0 Å². The van der Waals surface area contributed by atoms with Crippen LogP contribution in [-0.2, 0) is 11.0 Å². The van der Waals surface area contributed by atoms with Crippen LogP contribution in [0.2, 0.25) is 0 Å². The number of carboxylic acid groups (broad SMARTS) is 1. The molecular weight excluding hydrogens is 380 g/mol. The van der Waals surface area contributed by atoms with Gasteiger partial charge in [0.25, 0.3) is 0 Å². The van der Waals surface area contributed by atoms with Gasteiger partial charge in [0.2, 0.25) is 0 Å². The van der Waals surface area contributed by atoms with E-state index in [0.29, 0.717) is 12.1 Å². The van der Waals surface area contributed by atoms with Gasteiger partial charge in [-0.05, 0) is 36.8 Å². The van der Waals surface area contributed by atoms with E-state index in [1.54, 1.807) is 0 Å². The fourth-order valence-corrected chi connectivity index (χ4v) is 1.77. The van der Waals surface area contributed by atoms with E-state index < -0.39 is 41.3 Å². The maximum atomic E-state index is 13.0. The number of halogens is 6. The summed E-state index contributed by atoms with van der Waals surface area (Å²) in [5.41, 5.74) is 3.53. The van der Waals surface area contributed by atoms with Crippen LogP contribution in [0.15, 0.2) is 36.4 Å². The fraction of sp³-hybridized carbons (Fsp3) is 0.235. The van der Waals surface area contributed by atoms with E-state index in [1.807, 2.05) is 0 Å². The Labute approximate surface area is 150 Å². The average molecular weight is 395 g/mol. The molecule has 0 saturated carbocycles. The summed E-state index contributed by atoms with van der Waals surface area (Å²) in [4.78, 5) is 10.7. The summed E-state index contributed by atoms with van der Waals surface area (Å²) in [5, 5.41) is 8.70. The minimum Gasteiger partial charge on any atom is -0.479 e. The Hall–Kier alpha value is -2.91. The maximum Gasteiger partial charge on any atom is 0.419 e. The van der Waals surface area contributed by atoms with Crippen LogP contribution in [0, 0.1) is 17.5 Å². The molecule has 0 fully saturated rings. The molecule has 2 aromatic rings. The van der Waals surface area contributed by atoms with Crippen LogP contribution >= 0.6 is 0 Å². The molecule has 1 atom stereocenters. The van der Waals surface area contributed by atoms with Crippen LogP contribution < -0.4 is 10.5 Å². The van der Waals surface area contributed by atoms with Crippen molar-refractivity contribution in [2.75, 3.05) is 5.73 Å². The molecule has 0 heterocycles. The van der Waals surface area contributed by atoms with Gasteiger partial charge >= 0.3 is 12.1 Å². The van der Waals surface area contributed by atoms with E-state index in [1.165, 1.54) is 13.0 Å². The molecule has 10 heteroatoms. The zero-order valence-corrected chi connectivity index (χ0v) is 13.9. The number of alkyl halides is 3. The third-order valence-electron chi connectivity index (χ3n) is 3.13. The Kier molecular flexibility index (Phi) is 7.50. The van der Waals surface area contributed by atoms with E-state index in [0.717, 1.165) is 18.2 Å². The van der Waals surface area contributed by atoms with Crippen LogP contribution in [0.1, 0.15) is 18.9 Å². The average Bonchev–Trinajstić information content (AvgIpc) is 2.57. The summed E-state index contributed by atoms with van der Waals surface area (Å²) in [6.07, 6.45) is -6.04. The van der Waals surface area contributed by atoms with E-state index in [4.69, 9.17) is 15.6 Å². The normalized spacial score (nSPS) is 12.0. The van der Waals surface area contributed by atoms with Gasteiger partial charge in [-0.15, -0.1) is 0 Å². The van der Waals surface area contributed by atoms with Gasteiger partial charge in [-0.25, -0.2) is 18.0 Å². The highest BCUT2D eigenvalue weighted by Gasteiger charge is 2.34. The maximum absolute atomic E-state index is 13.0. The van der Waals surface area contributed by atoms with Gasteiger partial charge in [0.05, 0.1) is 11.3 Å². The molecule has 0 bridgehead atoms. The van der Waals surface area contributed by atoms with Gasteiger partial charge in [0, 0.05) is 6.07 Å². The van der Waals surface area contributed by atoms with Crippen molar-refractivity contribution >= 4 is 11.7 Å². The second-order valence-electron chi connectivity index (χ2n) is 5.16. The standard InChI is InChI=1S/C11H10F4O3.C6H5F2N/c1-2-9(10(16)17)18-6-3-4-8(12)7(5-6)11(13,14)15;7-4-1-2-6(9)5(8)3-4/h3-5,9H,2H2,1H3,(H,16,17);1-3H,9H2.